The Bertz CT molecular complexity index is 996. The first-order chi connectivity index (χ1) is 13.3. The summed E-state index contributed by atoms with van der Waals surface area (Å²) < 4.78 is 1.93. The summed E-state index contributed by atoms with van der Waals surface area (Å²) in [4.78, 5) is 41.0. The van der Waals surface area contributed by atoms with Crippen LogP contribution in [-0.2, 0) is 16.1 Å². The number of carbonyl (C=O) groups is 2. The second kappa shape index (κ2) is 7.08. The molecular weight excluding hydrogens is 354 g/mol. The molecule has 0 N–H and O–H groups in total. The Balaban J connectivity index is 1.53. The fraction of sp³-hybridized carbons (Fsp3) is 0.500. The lowest BCUT2D eigenvalue weighted by Crippen LogP contribution is -2.40. The predicted molar refractivity (Wildman–Crippen MR) is 108 cm³/mol. The van der Waals surface area contributed by atoms with Gasteiger partial charge in [-0.1, -0.05) is 12.1 Å². The highest BCUT2D eigenvalue weighted by atomic mass is 16.2. The van der Waals surface area contributed by atoms with Gasteiger partial charge in [-0.05, 0) is 43.7 Å². The summed E-state index contributed by atoms with van der Waals surface area (Å²) in [5.74, 6) is 1.13. The van der Waals surface area contributed by atoms with E-state index in [1.807, 2.05) is 53.6 Å². The lowest BCUT2D eigenvalue weighted by atomic mass is 9.88. The molecule has 1 aliphatic heterocycles. The Morgan fingerprint density at radius 3 is 2.68 bits per heavy atom. The number of hydrogen-bond donors (Lipinski definition) is 0. The van der Waals surface area contributed by atoms with Crippen LogP contribution in [0.5, 0.6) is 0 Å². The molecule has 0 unspecified atom stereocenters. The molecule has 6 nitrogen and oxygen atoms in total. The number of aromatic nitrogens is 1. The summed E-state index contributed by atoms with van der Waals surface area (Å²) in [6, 6.07) is 9.20. The van der Waals surface area contributed by atoms with Crippen LogP contribution in [0, 0.1) is 18.8 Å². The van der Waals surface area contributed by atoms with Crippen LogP contribution in [0.4, 0.5) is 0 Å². The van der Waals surface area contributed by atoms with E-state index < -0.39 is 0 Å². The third-order valence-electron chi connectivity index (χ3n) is 6.65. The van der Waals surface area contributed by atoms with Crippen LogP contribution in [0.1, 0.15) is 25.0 Å². The molecule has 4 rings (SSSR count). The average molecular weight is 381 g/mol. The Morgan fingerprint density at radius 1 is 1.18 bits per heavy atom. The predicted octanol–water partition coefficient (Wildman–Crippen LogP) is 2.03. The Morgan fingerprint density at radius 2 is 1.89 bits per heavy atom. The first-order valence-electron chi connectivity index (χ1n) is 9.94. The number of para-hydroxylation sites is 1. The SMILES string of the molecule is Cc1cc(=O)c2ccccc2n1CC(=O)N(C)[C@H]1C[C@H]2CC(=O)N(C)C[C@H]2C1. The normalized spacial score (nSPS) is 24.5. The van der Waals surface area contributed by atoms with Crippen LogP contribution in [0.25, 0.3) is 10.9 Å². The van der Waals surface area contributed by atoms with Crippen LogP contribution in [-0.4, -0.2) is 52.9 Å². The maximum atomic E-state index is 13.1. The van der Waals surface area contributed by atoms with Crippen molar-refractivity contribution in [3.63, 3.8) is 0 Å². The molecule has 148 valence electrons. The van der Waals surface area contributed by atoms with Crippen molar-refractivity contribution in [2.45, 2.75) is 38.8 Å². The van der Waals surface area contributed by atoms with E-state index in [-0.39, 0.29) is 29.8 Å². The number of benzene rings is 1. The second-order valence-corrected chi connectivity index (χ2v) is 8.38. The van der Waals surface area contributed by atoms with Crippen molar-refractivity contribution in [3.8, 4) is 0 Å². The van der Waals surface area contributed by atoms with Gasteiger partial charge in [0.05, 0.1) is 5.52 Å². The minimum absolute atomic E-state index is 0.0150. The van der Waals surface area contributed by atoms with Crippen molar-refractivity contribution in [3.05, 3.63) is 46.2 Å². The Labute approximate surface area is 164 Å². The van der Waals surface area contributed by atoms with Gasteiger partial charge < -0.3 is 14.4 Å². The number of aryl methyl sites for hydroxylation is 1. The molecule has 28 heavy (non-hydrogen) atoms. The fourth-order valence-electron chi connectivity index (χ4n) is 4.92. The summed E-state index contributed by atoms with van der Waals surface area (Å²) in [5.41, 5.74) is 1.57. The van der Waals surface area contributed by atoms with Gasteiger partial charge in [0.15, 0.2) is 5.43 Å². The zero-order chi connectivity index (χ0) is 20.0. The number of hydrogen-bond acceptors (Lipinski definition) is 3. The van der Waals surface area contributed by atoms with E-state index in [1.165, 1.54) is 0 Å². The summed E-state index contributed by atoms with van der Waals surface area (Å²) in [5, 5.41) is 0.636. The van der Waals surface area contributed by atoms with E-state index in [1.54, 1.807) is 12.1 Å². The summed E-state index contributed by atoms with van der Waals surface area (Å²) in [6.45, 7) is 2.88. The quantitative estimate of drug-likeness (QED) is 0.817. The monoisotopic (exact) mass is 381 g/mol. The number of carbonyl (C=O) groups excluding carboxylic acids is 2. The molecule has 1 saturated carbocycles. The lowest BCUT2D eigenvalue weighted by molar-refractivity contribution is -0.135. The van der Waals surface area contributed by atoms with Gasteiger partial charge in [-0.15, -0.1) is 0 Å². The van der Waals surface area contributed by atoms with Crippen LogP contribution < -0.4 is 5.43 Å². The fourth-order valence-corrected chi connectivity index (χ4v) is 4.92. The van der Waals surface area contributed by atoms with Gasteiger partial charge in [-0.3, -0.25) is 14.4 Å². The minimum atomic E-state index is -0.0150. The molecule has 1 aromatic heterocycles. The smallest absolute Gasteiger partial charge is 0.242 e. The lowest BCUT2D eigenvalue weighted by Gasteiger charge is -2.31. The maximum Gasteiger partial charge on any atom is 0.242 e. The van der Waals surface area contributed by atoms with Crippen LogP contribution in [0.3, 0.4) is 0 Å². The minimum Gasteiger partial charge on any atom is -0.345 e. The molecule has 0 spiro atoms. The molecule has 1 saturated heterocycles. The highest BCUT2D eigenvalue weighted by Gasteiger charge is 2.42. The number of likely N-dealkylation sites (N-methyl/N-ethyl adjacent to an activating group) is 1. The van der Waals surface area contributed by atoms with Crippen molar-refractivity contribution < 1.29 is 9.59 Å². The molecule has 2 heterocycles. The van der Waals surface area contributed by atoms with E-state index in [0.717, 1.165) is 30.6 Å². The molecule has 0 radical (unpaired) electrons. The molecule has 6 heteroatoms. The van der Waals surface area contributed by atoms with Crippen LogP contribution in [0.2, 0.25) is 0 Å². The maximum absolute atomic E-state index is 13.1. The van der Waals surface area contributed by atoms with Gasteiger partial charge in [0.25, 0.3) is 0 Å². The Hall–Kier alpha value is -2.63. The summed E-state index contributed by atoms with van der Waals surface area (Å²) >= 11 is 0. The topological polar surface area (TPSA) is 62.6 Å². The molecule has 2 aliphatic rings. The van der Waals surface area contributed by atoms with Crippen molar-refractivity contribution in [2.75, 3.05) is 20.6 Å². The Kier molecular flexibility index (Phi) is 4.73. The highest BCUT2D eigenvalue weighted by molar-refractivity contribution is 5.83. The van der Waals surface area contributed by atoms with Crippen molar-refractivity contribution in [1.29, 1.82) is 0 Å². The van der Waals surface area contributed by atoms with Gasteiger partial charge in [0.1, 0.15) is 6.54 Å². The van der Waals surface area contributed by atoms with Gasteiger partial charge >= 0.3 is 0 Å². The number of rotatable bonds is 3. The summed E-state index contributed by atoms with van der Waals surface area (Å²) in [7, 11) is 3.74. The van der Waals surface area contributed by atoms with Gasteiger partial charge in [-0.25, -0.2) is 0 Å². The largest absolute Gasteiger partial charge is 0.345 e. The third-order valence-corrected chi connectivity index (χ3v) is 6.65. The number of fused-ring (bicyclic) bond motifs is 2. The number of nitrogens with zero attached hydrogens (tertiary/aromatic N) is 3. The van der Waals surface area contributed by atoms with Gasteiger partial charge in [0.2, 0.25) is 11.8 Å². The van der Waals surface area contributed by atoms with E-state index in [4.69, 9.17) is 0 Å². The van der Waals surface area contributed by atoms with Gasteiger partial charge in [-0.2, -0.15) is 0 Å². The van der Waals surface area contributed by atoms with E-state index >= 15 is 0 Å². The third kappa shape index (κ3) is 3.21. The molecule has 0 bridgehead atoms. The molecule has 2 aromatic rings. The molecule has 2 amide bonds. The number of likely N-dealkylation sites (tertiary alicyclic amines) is 1. The molecular formula is C22H27N3O3. The number of pyridine rings is 1. The van der Waals surface area contributed by atoms with Crippen LogP contribution in [0.15, 0.2) is 35.1 Å². The highest BCUT2D eigenvalue weighted by Crippen LogP contribution is 2.40. The first-order valence-corrected chi connectivity index (χ1v) is 9.94. The molecule has 2 fully saturated rings. The van der Waals surface area contributed by atoms with Crippen molar-refractivity contribution >= 4 is 22.7 Å². The first kappa shape index (κ1) is 18.7. The standard InChI is InChI=1S/C22H27N3O3/c1-14-8-20(26)18-6-4-5-7-19(18)25(14)13-22(28)24(3)17-9-15-11-21(27)23(2)12-16(15)10-17/h4-8,15-17H,9-13H2,1-3H3/t15-,16+,17-/m0/s1. The van der Waals surface area contributed by atoms with Crippen LogP contribution >= 0.6 is 0 Å². The molecule has 1 aromatic carbocycles. The zero-order valence-corrected chi connectivity index (χ0v) is 16.7. The van der Waals surface area contributed by atoms with E-state index in [0.29, 0.717) is 23.6 Å². The second-order valence-electron chi connectivity index (χ2n) is 8.38. The van der Waals surface area contributed by atoms with Crippen molar-refractivity contribution in [1.82, 2.24) is 14.4 Å². The average Bonchev–Trinajstić information content (AvgIpc) is 3.07. The molecule has 3 atom stereocenters. The van der Waals surface area contributed by atoms with E-state index in [9.17, 15) is 14.4 Å². The number of amides is 2. The van der Waals surface area contributed by atoms with Crippen molar-refractivity contribution in [2.24, 2.45) is 11.8 Å². The molecule has 1 aliphatic carbocycles. The van der Waals surface area contributed by atoms with E-state index in [2.05, 4.69) is 0 Å². The summed E-state index contributed by atoms with van der Waals surface area (Å²) in [6.07, 6.45) is 2.45. The van der Waals surface area contributed by atoms with Gasteiger partial charge in [0, 0.05) is 50.2 Å². The number of piperidine rings is 1. The zero-order valence-electron chi connectivity index (χ0n) is 16.7.